The maximum Gasteiger partial charge on any atom is 0.176 e. The van der Waals surface area contributed by atoms with Crippen LogP contribution in [0.3, 0.4) is 0 Å². The van der Waals surface area contributed by atoms with Crippen LogP contribution < -0.4 is 5.32 Å². The van der Waals surface area contributed by atoms with Crippen LogP contribution in [0, 0.1) is 19.7 Å². The highest BCUT2D eigenvalue weighted by Crippen LogP contribution is 2.09. The minimum Gasteiger partial charge on any atom is -0.306 e. The van der Waals surface area contributed by atoms with Gasteiger partial charge in [-0.05, 0) is 43.2 Å². The number of benzene rings is 2. The molecule has 0 fully saturated rings. The molecule has 0 saturated heterocycles. The number of aryl methyl sites for hydroxylation is 2. The monoisotopic (exact) mass is 271 g/mol. The van der Waals surface area contributed by atoms with Crippen molar-refractivity contribution in [3.05, 3.63) is 70.5 Å². The molecule has 2 aromatic carbocycles. The number of hydrogen-bond donors (Lipinski definition) is 1. The molecule has 2 aromatic rings. The van der Waals surface area contributed by atoms with Crippen LogP contribution in [0.25, 0.3) is 0 Å². The molecule has 0 atom stereocenters. The Labute approximate surface area is 118 Å². The summed E-state index contributed by atoms with van der Waals surface area (Å²) in [7, 11) is 0. The van der Waals surface area contributed by atoms with E-state index < -0.39 is 0 Å². The summed E-state index contributed by atoms with van der Waals surface area (Å²) < 4.78 is 13.1. The highest BCUT2D eigenvalue weighted by atomic mass is 19.1. The topological polar surface area (TPSA) is 29.1 Å². The number of rotatable bonds is 5. The van der Waals surface area contributed by atoms with Crippen LogP contribution >= 0.6 is 0 Å². The number of hydrogen-bond acceptors (Lipinski definition) is 2. The lowest BCUT2D eigenvalue weighted by Crippen LogP contribution is -2.22. The van der Waals surface area contributed by atoms with E-state index in [1.54, 1.807) is 13.0 Å². The summed E-state index contributed by atoms with van der Waals surface area (Å²) >= 11 is 0. The lowest BCUT2D eigenvalue weighted by molar-refractivity contribution is 0.0990. The van der Waals surface area contributed by atoms with Gasteiger partial charge in [-0.2, -0.15) is 0 Å². The Morgan fingerprint density at radius 2 is 1.80 bits per heavy atom. The van der Waals surface area contributed by atoms with Crippen molar-refractivity contribution < 1.29 is 9.18 Å². The van der Waals surface area contributed by atoms with Crippen LogP contribution in [0.1, 0.15) is 27.0 Å². The molecule has 20 heavy (non-hydrogen) atoms. The van der Waals surface area contributed by atoms with Crippen molar-refractivity contribution in [1.82, 2.24) is 5.32 Å². The first kappa shape index (κ1) is 14.4. The minimum atomic E-state index is -0.283. The van der Waals surface area contributed by atoms with Crippen molar-refractivity contribution in [2.24, 2.45) is 0 Å². The average molecular weight is 271 g/mol. The van der Waals surface area contributed by atoms with Crippen molar-refractivity contribution >= 4 is 5.78 Å². The van der Waals surface area contributed by atoms with E-state index >= 15 is 0 Å². The summed E-state index contributed by atoms with van der Waals surface area (Å²) in [5, 5.41) is 3.11. The molecular weight excluding hydrogens is 253 g/mol. The van der Waals surface area contributed by atoms with E-state index in [0.717, 1.165) is 5.56 Å². The second-order valence-corrected chi connectivity index (χ2v) is 4.98. The number of halogens is 1. The van der Waals surface area contributed by atoms with Crippen molar-refractivity contribution in [3.8, 4) is 0 Å². The van der Waals surface area contributed by atoms with Gasteiger partial charge in [0.15, 0.2) is 5.78 Å². The lowest BCUT2D eigenvalue weighted by Gasteiger charge is -2.06. The zero-order valence-corrected chi connectivity index (χ0v) is 11.7. The third-order valence-corrected chi connectivity index (χ3v) is 3.22. The van der Waals surface area contributed by atoms with Gasteiger partial charge in [-0.3, -0.25) is 4.79 Å². The van der Waals surface area contributed by atoms with E-state index in [0.29, 0.717) is 17.7 Å². The highest BCUT2D eigenvalue weighted by molar-refractivity contribution is 5.97. The van der Waals surface area contributed by atoms with Crippen LogP contribution in [0.15, 0.2) is 42.5 Å². The van der Waals surface area contributed by atoms with Gasteiger partial charge < -0.3 is 5.32 Å². The molecule has 0 aromatic heterocycles. The van der Waals surface area contributed by atoms with Crippen LogP contribution in [0.2, 0.25) is 0 Å². The van der Waals surface area contributed by atoms with Gasteiger partial charge >= 0.3 is 0 Å². The fourth-order valence-corrected chi connectivity index (χ4v) is 1.95. The van der Waals surface area contributed by atoms with Gasteiger partial charge in [0.25, 0.3) is 0 Å². The van der Waals surface area contributed by atoms with Crippen molar-refractivity contribution in [1.29, 1.82) is 0 Å². The van der Waals surface area contributed by atoms with Gasteiger partial charge in [0.1, 0.15) is 5.82 Å². The molecule has 104 valence electrons. The Hall–Kier alpha value is -2.00. The van der Waals surface area contributed by atoms with Crippen LogP contribution in [0.4, 0.5) is 4.39 Å². The van der Waals surface area contributed by atoms with Gasteiger partial charge in [0.2, 0.25) is 0 Å². The number of carbonyl (C=O) groups is 1. The average Bonchev–Trinajstić information content (AvgIpc) is 2.44. The quantitative estimate of drug-likeness (QED) is 0.844. The van der Waals surface area contributed by atoms with E-state index in [4.69, 9.17) is 0 Å². The molecule has 0 radical (unpaired) electrons. The Morgan fingerprint density at radius 1 is 1.10 bits per heavy atom. The smallest absolute Gasteiger partial charge is 0.176 e. The minimum absolute atomic E-state index is 0.0276. The molecule has 2 nitrogen and oxygen atoms in total. The molecule has 0 amide bonds. The molecule has 1 N–H and O–H groups in total. The number of carbonyl (C=O) groups excluding carboxylic acids is 1. The summed E-state index contributed by atoms with van der Waals surface area (Å²) in [4.78, 5) is 12.0. The highest BCUT2D eigenvalue weighted by Gasteiger charge is 2.07. The van der Waals surface area contributed by atoms with E-state index in [1.807, 2.05) is 31.2 Å². The second-order valence-electron chi connectivity index (χ2n) is 4.98. The molecule has 0 heterocycles. The van der Waals surface area contributed by atoms with Gasteiger partial charge in [-0.15, -0.1) is 0 Å². The zero-order valence-electron chi connectivity index (χ0n) is 11.7. The first-order chi connectivity index (χ1) is 9.56. The van der Waals surface area contributed by atoms with Gasteiger partial charge in [-0.25, -0.2) is 4.39 Å². The SMILES string of the molecule is Cc1ccc(CNCC(=O)c2ccc(F)c(C)c2)cc1. The first-order valence-electron chi connectivity index (χ1n) is 6.62. The van der Waals surface area contributed by atoms with Gasteiger partial charge in [0, 0.05) is 12.1 Å². The lowest BCUT2D eigenvalue weighted by atomic mass is 10.1. The third-order valence-electron chi connectivity index (χ3n) is 3.22. The fraction of sp³-hybridized carbons (Fsp3) is 0.235. The summed E-state index contributed by atoms with van der Waals surface area (Å²) in [5.41, 5.74) is 3.39. The molecule has 0 unspecified atom stereocenters. The number of Topliss-reactive ketones (excluding diaryl/α,β-unsaturated/α-hetero) is 1. The summed E-state index contributed by atoms with van der Waals surface area (Å²) in [6.45, 7) is 4.59. The van der Waals surface area contributed by atoms with Crippen LogP contribution in [-0.4, -0.2) is 12.3 Å². The normalized spacial score (nSPS) is 10.6. The van der Waals surface area contributed by atoms with Gasteiger partial charge in [0.05, 0.1) is 6.54 Å². The Bertz CT molecular complexity index is 605. The Kier molecular flexibility index (Phi) is 4.64. The van der Waals surface area contributed by atoms with Crippen molar-refractivity contribution in [2.75, 3.05) is 6.54 Å². The van der Waals surface area contributed by atoms with Gasteiger partial charge in [-0.1, -0.05) is 29.8 Å². The molecule has 0 spiro atoms. The standard InChI is InChI=1S/C17H18FNO/c1-12-3-5-14(6-4-12)10-19-11-17(20)15-7-8-16(18)13(2)9-15/h3-9,19H,10-11H2,1-2H3. The third kappa shape index (κ3) is 3.75. The van der Waals surface area contributed by atoms with Crippen LogP contribution in [-0.2, 0) is 6.54 Å². The second kappa shape index (κ2) is 6.44. The van der Waals surface area contributed by atoms with Crippen LogP contribution in [0.5, 0.6) is 0 Å². The molecule has 3 heteroatoms. The van der Waals surface area contributed by atoms with E-state index in [-0.39, 0.29) is 18.1 Å². The fourth-order valence-electron chi connectivity index (χ4n) is 1.95. The van der Waals surface area contributed by atoms with Crippen molar-refractivity contribution in [2.45, 2.75) is 20.4 Å². The van der Waals surface area contributed by atoms with E-state index in [2.05, 4.69) is 5.32 Å². The molecule has 0 aliphatic heterocycles. The zero-order chi connectivity index (χ0) is 14.5. The summed E-state index contributed by atoms with van der Waals surface area (Å²) in [5.74, 6) is -0.311. The largest absolute Gasteiger partial charge is 0.306 e. The number of ketones is 1. The predicted molar refractivity (Wildman–Crippen MR) is 78.4 cm³/mol. The Morgan fingerprint density at radius 3 is 2.45 bits per heavy atom. The van der Waals surface area contributed by atoms with E-state index in [1.165, 1.54) is 17.7 Å². The molecular formula is C17H18FNO. The van der Waals surface area contributed by atoms with E-state index in [9.17, 15) is 9.18 Å². The molecule has 0 aliphatic carbocycles. The molecule has 0 aliphatic rings. The summed E-state index contributed by atoms with van der Waals surface area (Å²) in [6.07, 6.45) is 0. The predicted octanol–water partition coefficient (Wildman–Crippen LogP) is 3.42. The van der Waals surface area contributed by atoms with Crippen molar-refractivity contribution in [3.63, 3.8) is 0 Å². The molecule has 0 saturated carbocycles. The maximum absolute atomic E-state index is 13.1. The molecule has 2 rings (SSSR count). The Balaban J connectivity index is 1.88. The summed E-state index contributed by atoms with van der Waals surface area (Å²) in [6, 6.07) is 12.6. The molecule has 0 bridgehead atoms. The maximum atomic E-state index is 13.1. The first-order valence-corrected chi connectivity index (χ1v) is 6.62. The number of nitrogens with one attached hydrogen (secondary N) is 1.